The van der Waals surface area contributed by atoms with Crippen LogP contribution in [0.3, 0.4) is 0 Å². The summed E-state index contributed by atoms with van der Waals surface area (Å²) in [5.41, 5.74) is 4.86. The fraction of sp³-hybridized carbons (Fsp3) is 0.364. The van der Waals surface area contributed by atoms with E-state index in [1.165, 1.54) is 13.1 Å². The molecule has 10 heteroatoms. The van der Waals surface area contributed by atoms with Crippen LogP contribution in [0.25, 0.3) is 0 Å². The zero-order valence-electron chi connectivity index (χ0n) is 11.1. The number of hydrogen-bond acceptors (Lipinski definition) is 5. The first-order chi connectivity index (χ1) is 9.73. The molecule has 0 radical (unpaired) electrons. The standard InChI is InChI=1S/C11H14N4O6/c1-14-7(3-5-9(14)15(20)21)10(17)13-6(11(18)19)2-4-8(12)16/h3,5-6H,2,4H2,1H3,(H2,12,16)(H,13,17)(H,18,19)/t6-/m1/s1. The molecule has 1 aromatic rings. The van der Waals surface area contributed by atoms with E-state index in [0.29, 0.717) is 0 Å². The zero-order valence-corrected chi connectivity index (χ0v) is 11.1. The molecule has 0 aliphatic rings. The van der Waals surface area contributed by atoms with Crippen molar-refractivity contribution < 1.29 is 24.4 Å². The number of rotatable bonds is 7. The van der Waals surface area contributed by atoms with Crippen molar-refractivity contribution in [2.75, 3.05) is 0 Å². The van der Waals surface area contributed by atoms with Gasteiger partial charge in [0.1, 0.15) is 6.04 Å². The molecular weight excluding hydrogens is 284 g/mol. The molecule has 2 amide bonds. The van der Waals surface area contributed by atoms with Gasteiger partial charge in [0.15, 0.2) is 5.69 Å². The minimum absolute atomic E-state index is 0.0629. The van der Waals surface area contributed by atoms with Crippen LogP contribution in [0.5, 0.6) is 0 Å². The van der Waals surface area contributed by atoms with Gasteiger partial charge >= 0.3 is 11.8 Å². The van der Waals surface area contributed by atoms with Crippen LogP contribution in [0.2, 0.25) is 0 Å². The Morgan fingerprint density at radius 1 is 1.48 bits per heavy atom. The second kappa shape index (κ2) is 6.50. The molecule has 0 aliphatic heterocycles. The van der Waals surface area contributed by atoms with E-state index in [2.05, 4.69) is 5.32 Å². The molecule has 10 nitrogen and oxygen atoms in total. The number of carboxylic acid groups (broad SMARTS) is 1. The van der Waals surface area contributed by atoms with Crippen LogP contribution in [0.1, 0.15) is 23.3 Å². The smallest absolute Gasteiger partial charge is 0.326 e. The summed E-state index contributed by atoms with van der Waals surface area (Å²) < 4.78 is 1.03. The first-order valence-corrected chi connectivity index (χ1v) is 5.86. The number of nitrogens with two attached hydrogens (primary N) is 1. The fourth-order valence-corrected chi connectivity index (χ4v) is 1.69. The normalized spacial score (nSPS) is 11.7. The summed E-state index contributed by atoms with van der Waals surface area (Å²) in [6.07, 6.45) is -0.368. The largest absolute Gasteiger partial charge is 0.480 e. The number of primary amides is 1. The van der Waals surface area contributed by atoms with Crippen molar-refractivity contribution in [1.29, 1.82) is 0 Å². The van der Waals surface area contributed by atoms with Crippen LogP contribution in [0, 0.1) is 10.1 Å². The Labute approximate surface area is 118 Å². The molecule has 4 N–H and O–H groups in total. The number of hydrogen-bond donors (Lipinski definition) is 3. The molecule has 0 fully saturated rings. The van der Waals surface area contributed by atoms with Crippen molar-refractivity contribution in [3.05, 3.63) is 27.9 Å². The van der Waals surface area contributed by atoms with Crippen LogP contribution in [0.15, 0.2) is 12.1 Å². The Morgan fingerprint density at radius 2 is 2.10 bits per heavy atom. The minimum atomic E-state index is -1.33. The molecule has 114 valence electrons. The second-order valence-corrected chi connectivity index (χ2v) is 4.26. The summed E-state index contributed by atoms with van der Waals surface area (Å²) in [7, 11) is 1.31. The number of nitrogens with zero attached hydrogens (tertiary/aromatic N) is 2. The topological polar surface area (TPSA) is 158 Å². The second-order valence-electron chi connectivity index (χ2n) is 4.26. The van der Waals surface area contributed by atoms with Gasteiger partial charge in [-0.1, -0.05) is 0 Å². The van der Waals surface area contributed by atoms with Gasteiger partial charge in [-0.15, -0.1) is 0 Å². The Morgan fingerprint density at radius 3 is 2.52 bits per heavy atom. The van der Waals surface area contributed by atoms with E-state index < -0.39 is 28.7 Å². The average Bonchev–Trinajstić information content (AvgIpc) is 2.75. The predicted octanol–water partition coefficient (Wildman–Crippen LogP) is -0.618. The molecule has 0 aliphatic carbocycles. The Bertz CT molecular complexity index is 594. The predicted molar refractivity (Wildman–Crippen MR) is 69.4 cm³/mol. The van der Waals surface area contributed by atoms with Crippen LogP contribution in [-0.2, 0) is 16.6 Å². The molecule has 0 aromatic carbocycles. The summed E-state index contributed by atoms with van der Waals surface area (Å²) in [5, 5.41) is 21.8. The van der Waals surface area contributed by atoms with E-state index in [0.717, 1.165) is 10.6 Å². The van der Waals surface area contributed by atoms with Gasteiger partial charge in [-0.2, -0.15) is 0 Å². The molecule has 0 saturated heterocycles. The number of aromatic nitrogens is 1. The van der Waals surface area contributed by atoms with Gasteiger partial charge in [0.05, 0.1) is 7.05 Å². The number of carboxylic acids is 1. The van der Waals surface area contributed by atoms with Crippen LogP contribution in [-0.4, -0.2) is 38.4 Å². The molecule has 1 heterocycles. The van der Waals surface area contributed by atoms with E-state index in [1.54, 1.807) is 0 Å². The van der Waals surface area contributed by atoms with Crippen molar-refractivity contribution in [1.82, 2.24) is 9.88 Å². The van der Waals surface area contributed by atoms with E-state index in [4.69, 9.17) is 10.8 Å². The van der Waals surface area contributed by atoms with Crippen molar-refractivity contribution in [2.45, 2.75) is 18.9 Å². The summed E-state index contributed by atoms with van der Waals surface area (Å²) in [4.78, 5) is 43.6. The quantitative estimate of drug-likeness (QED) is 0.449. The number of amides is 2. The highest BCUT2D eigenvalue weighted by atomic mass is 16.6. The summed E-state index contributed by atoms with van der Waals surface area (Å²) in [6, 6.07) is 1.04. The van der Waals surface area contributed by atoms with Crippen LogP contribution in [0.4, 0.5) is 5.82 Å². The third-order valence-electron chi connectivity index (χ3n) is 2.80. The van der Waals surface area contributed by atoms with Crippen molar-refractivity contribution in [2.24, 2.45) is 12.8 Å². The van der Waals surface area contributed by atoms with Gasteiger partial charge in [-0.25, -0.2) is 9.36 Å². The number of nitro groups is 1. The number of carbonyl (C=O) groups excluding carboxylic acids is 2. The third-order valence-corrected chi connectivity index (χ3v) is 2.80. The van der Waals surface area contributed by atoms with Gasteiger partial charge in [0, 0.05) is 12.5 Å². The summed E-state index contributed by atoms with van der Waals surface area (Å²) in [5.74, 6) is -3.11. The molecule has 1 rings (SSSR count). The molecule has 0 bridgehead atoms. The summed E-state index contributed by atoms with van der Waals surface area (Å²) >= 11 is 0. The molecule has 0 spiro atoms. The highest BCUT2D eigenvalue weighted by Gasteiger charge is 2.26. The van der Waals surface area contributed by atoms with Gasteiger partial charge in [0.2, 0.25) is 5.91 Å². The number of aliphatic carboxylic acids is 1. The Kier molecular flexibility index (Phi) is 5.00. The molecule has 0 unspecified atom stereocenters. The van der Waals surface area contributed by atoms with E-state index in [9.17, 15) is 24.5 Å². The van der Waals surface area contributed by atoms with Crippen LogP contribution >= 0.6 is 0 Å². The summed E-state index contributed by atoms with van der Waals surface area (Å²) in [6.45, 7) is 0. The molecule has 1 aromatic heterocycles. The van der Waals surface area contributed by atoms with E-state index in [1.807, 2.05) is 0 Å². The lowest BCUT2D eigenvalue weighted by Crippen LogP contribution is -2.42. The first-order valence-electron chi connectivity index (χ1n) is 5.86. The lowest BCUT2D eigenvalue weighted by Gasteiger charge is -2.12. The average molecular weight is 298 g/mol. The molecule has 1 atom stereocenters. The number of carbonyl (C=O) groups is 3. The van der Waals surface area contributed by atoms with E-state index >= 15 is 0 Å². The highest BCUT2D eigenvalue weighted by molar-refractivity contribution is 5.95. The van der Waals surface area contributed by atoms with Crippen molar-refractivity contribution >= 4 is 23.6 Å². The zero-order chi connectivity index (χ0) is 16.2. The van der Waals surface area contributed by atoms with Gasteiger partial charge in [0.25, 0.3) is 5.91 Å². The van der Waals surface area contributed by atoms with Gasteiger partial charge < -0.3 is 26.3 Å². The molecule has 0 saturated carbocycles. The monoisotopic (exact) mass is 298 g/mol. The van der Waals surface area contributed by atoms with Crippen molar-refractivity contribution in [3.63, 3.8) is 0 Å². The maximum Gasteiger partial charge on any atom is 0.326 e. The maximum atomic E-state index is 11.9. The lowest BCUT2D eigenvalue weighted by molar-refractivity contribution is -0.391. The third kappa shape index (κ3) is 4.03. The number of nitrogens with one attached hydrogen (secondary N) is 1. The maximum absolute atomic E-state index is 11.9. The Hall–Kier alpha value is -2.91. The fourth-order valence-electron chi connectivity index (χ4n) is 1.69. The SMILES string of the molecule is Cn1c(C(=O)N[C@H](CCC(N)=O)C(=O)O)ccc1[N+](=O)[O-]. The molecular formula is C11H14N4O6. The highest BCUT2D eigenvalue weighted by Crippen LogP contribution is 2.15. The van der Waals surface area contributed by atoms with Crippen molar-refractivity contribution in [3.8, 4) is 0 Å². The van der Waals surface area contributed by atoms with Gasteiger partial charge in [-0.3, -0.25) is 9.59 Å². The van der Waals surface area contributed by atoms with E-state index in [-0.39, 0.29) is 24.4 Å². The minimum Gasteiger partial charge on any atom is -0.480 e. The van der Waals surface area contributed by atoms with Gasteiger partial charge in [-0.05, 0) is 17.4 Å². The van der Waals surface area contributed by atoms with Crippen LogP contribution < -0.4 is 11.1 Å². The molecule has 21 heavy (non-hydrogen) atoms. The lowest BCUT2D eigenvalue weighted by atomic mass is 10.1. The Balaban J connectivity index is 2.85. The first kappa shape index (κ1) is 16.1.